The van der Waals surface area contributed by atoms with E-state index in [-0.39, 0.29) is 6.01 Å². The van der Waals surface area contributed by atoms with Gasteiger partial charge in [0.05, 0.1) is 24.4 Å². The fourth-order valence-corrected chi connectivity index (χ4v) is 3.36. The molecule has 1 saturated heterocycles. The van der Waals surface area contributed by atoms with E-state index in [4.69, 9.17) is 9.47 Å². The first-order chi connectivity index (χ1) is 13.4. The Morgan fingerprint density at radius 1 is 1.11 bits per heavy atom. The van der Waals surface area contributed by atoms with Gasteiger partial charge in [0.2, 0.25) is 5.88 Å². The number of likely N-dealkylation sites (tertiary alicyclic amines) is 1. The van der Waals surface area contributed by atoms with Crippen LogP contribution in [0, 0.1) is 11.6 Å². The van der Waals surface area contributed by atoms with Crippen LogP contribution in [0.3, 0.4) is 0 Å². The summed E-state index contributed by atoms with van der Waals surface area (Å²) in [6.45, 7) is 6.21. The summed E-state index contributed by atoms with van der Waals surface area (Å²) in [5.74, 6) is -1.37. The molecule has 2 heterocycles. The second-order valence-corrected chi connectivity index (χ2v) is 6.79. The molecule has 0 amide bonds. The topological polar surface area (TPSA) is 67.7 Å². The first-order valence-electron chi connectivity index (χ1n) is 9.47. The summed E-state index contributed by atoms with van der Waals surface area (Å²) in [7, 11) is 0. The van der Waals surface area contributed by atoms with E-state index in [9.17, 15) is 13.9 Å². The Labute approximate surface area is 163 Å². The number of aromatic nitrogens is 2. The quantitative estimate of drug-likeness (QED) is 0.780. The number of piperidine rings is 1. The van der Waals surface area contributed by atoms with E-state index >= 15 is 0 Å². The Kier molecular flexibility index (Phi) is 6.41. The number of hydrogen-bond acceptors (Lipinski definition) is 6. The molecule has 1 N–H and O–H groups in total. The Hall–Kier alpha value is -2.32. The molecule has 0 atom stereocenters. The molecule has 1 fully saturated rings. The van der Waals surface area contributed by atoms with E-state index < -0.39 is 17.2 Å². The van der Waals surface area contributed by atoms with Gasteiger partial charge in [0.1, 0.15) is 0 Å². The van der Waals surface area contributed by atoms with Crippen LogP contribution in [-0.4, -0.2) is 46.3 Å². The molecule has 28 heavy (non-hydrogen) atoms. The number of halogens is 2. The van der Waals surface area contributed by atoms with Crippen LogP contribution in [0.1, 0.15) is 37.8 Å². The number of rotatable bonds is 7. The molecule has 3 rings (SSSR count). The lowest BCUT2D eigenvalue weighted by Crippen LogP contribution is -2.42. The number of benzene rings is 1. The van der Waals surface area contributed by atoms with E-state index in [0.29, 0.717) is 62.7 Å². The van der Waals surface area contributed by atoms with Crippen LogP contribution in [-0.2, 0) is 12.1 Å². The number of ether oxygens (including phenoxy) is 2. The summed E-state index contributed by atoms with van der Waals surface area (Å²) < 4.78 is 37.4. The fourth-order valence-electron chi connectivity index (χ4n) is 3.36. The smallest absolute Gasteiger partial charge is 0.319 e. The molecule has 152 valence electrons. The molecular formula is C20H25F2N3O3. The normalized spacial score (nSPS) is 16.8. The van der Waals surface area contributed by atoms with Crippen LogP contribution < -0.4 is 9.47 Å². The lowest BCUT2D eigenvalue weighted by molar-refractivity contribution is -0.0303. The average molecular weight is 393 g/mol. The third-order valence-electron chi connectivity index (χ3n) is 4.86. The van der Waals surface area contributed by atoms with Crippen LogP contribution >= 0.6 is 0 Å². The first kappa shape index (κ1) is 20.4. The van der Waals surface area contributed by atoms with E-state index in [2.05, 4.69) is 14.9 Å². The van der Waals surface area contributed by atoms with Gasteiger partial charge in [0.25, 0.3) is 0 Å². The maximum Gasteiger partial charge on any atom is 0.319 e. The van der Waals surface area contributed by atoms with Crippen LogP contribution in [0.15, 0.2) is 24.4 Å². The highest BCUT2D eigenvalue weighted by molar-refractivity contribution is 5.32. The Bertz CT molecular complexity index is 811. The molecule has 0 saturated carbocycles. The number of nitrogens with zero attached hydrogens (tertiary/aromatic N) is 3. The van der Waals surface area contributed by atoms with E-state index in [1.54, 1.807) is 12.3 Å². The maximum atomic E-state index is 13.4. The van der Waals surface area contributed by atoms with E-state index in [1.807, 2.05) is 13.8 Å². The van der Waals surface area contributed by atoms with Crippen molar-refractivity contribution >= 4 is 0 Å². The van der Waals surface area contributed by atoms with Crippen LogP contribution in [0.2, 0.25) is 0 Å². The van der Waals surface area contributed by atoms with Gasteiger partial charge in [-0.2, -0.15) is 4.98 Å². The molecule has 8 heteroatoms. The van der Waals surface area contributed by atoms with Crippen LogP contribution in [0.4, 0.5) is 8.78 Å². The van der Waals surface area contributed by atoms with Gasteiger partial charge in [-0.3, -0.25) is 4.90 Å². The third-order valence-corrected chi connectivity index (χ3v) is 4.86. The Balaban J connectivity index is 1.70. The third kappa shape index (κ3) is 4.56. The molecule has 0 bridgehead atoms. The van der Waals surface area contributed by atoms with Crippen molar-refractivity contribution in [3.63, 3.8) is 0 Å². The Morgan fingerprint density at radius 3 is 2.46 bits per heavy atom. The minimum atomic E-state index is -1.11. The molecule has 1 aromatic carbocycles. The van der Waals surface area contributed by atoms with Crippen LogP contribution in [0.5, 0.6) is 11.9 Å². The average Bonchev–Trinajstić information content (AvgIpc) is 2.67. The Morgan fingerprint density at radius 2 is 1.82 bits per heavy atom. The van der Waals surface area contributed by atoms with Crippen molar-refractivity contribution in [2.75, 3.05) is 26.3 Å². The predicted octanol–water partition coefficient (Wildman–Crippen LogP) is 3.04. The summed E-state index contributed by atoms with van der Waals surface area (Å²) in [5.41, 5.74) is 0.133. The van der Waals surface area contributed by atoms with Crippen LogP contribution in [0.25, 0.3) is 0 Å². The summed E-state index contributed by atoms with van der Waals surface area (Å²) in [4.78, 5) is 10.5. The SMILES string of the molecule is CCOc1ncc(C2(O)CCN(Cc3ccc(F)c(F)c3)CC2)c(OCC)n1. The van der Waals surface area contributed by atoms with Gasteiger partial charge >= 0.3 is 6.01 Å². The monoisotopic (exact) mass is 393 g/mol. The van der Waals surface area contributed by atoms with Crippen molar-refractivity contribution in [2.45, 2.75) is 38.8 Å². The van der Waals surface area contributed by atoms with Gasteiger partial charge in [0.15, 0.2) is 11.6 Å². The van der Waals surface area contributed by atoms with Gasteiger partial charge in [-0.25, -0.2) is 13.8 Å². The standard InChI is InChI=1S/C20H25F2N3O3/c1-3-27-18-15(12-23-19(24-18)28-4-2)20(26)7-9-25(10-8-20)13-14-5-6-16(21)17(22)11-14/h5-6,11-12,26H,3-4,7-10,13H2,1-2H3. The van der Waals surface area contributed by atoms with Gasteiger partial charge in [-0.05, 0) is 44.4 Å². The lowest BCUT2D eigenvalue weighted by Gasteiger charge is -2.38. The minimum Gasteiger partial charge on any atom is -0.478 e. The van der Waals surface area contributed by atoms with Crippen molar-refractivity contribution in [3.8, 4) is 11.9 Å². The molecule has 0 unspecified atom stereocenters. The molecule has 6 nitrogen and oxygen atoms in total. The fraction of sp³-hybridized carbons (Fsp3) is 0.500. The van der Waals surface area contributed by atoms with Gasteiger partial charge in [-0.15, -0.1) is 0 Å². The zero-order valence-corrected chi connectivity index (χ0v) is 16.1. The predicted molar refractivity (Wildman–Crippen MR) is 99.1 cm³/mol. The molecule has 1 aliphatic heterocycles. The van der Waals surface area contributed by atoms with Gasteiger partial charge in [0, 0.05) is 25.8 Å². The zero-order chi connectivity index (χ0) is 20.1. The first-order valence-corrected chi connectivity index (χ1v) is 9.47. The second-order valence-electron chi connectivity index (χ2n) is 6.79. The highest BCUT2D eigenvalue weighted by atomic mass is 19.2. The second kappa shape index (κ2) is 8.79. The van der Waals surface area contributed by atoms with Crippen molar-refractivity contribution in [3.05, 3.63) is 47.2 Å². The van der Waals surface area contributed by atoms with Gasteiger partial charge < -0.3 is 14.6 Å². The molecular weight excluding hydrogens is 368 g/mol. The summed E-state index contributed by atoms with van der Waals surface area (Å²) in [6.07, 6.45) is 2.47. The van der Waals surface area contributed by atoms with Crippen molar-refractivity contribution in [2.24, 2.45) is 0 Å². The largest absolute Gasteiger partial charge is 0.478 e. The number of hydrogen-bond donors (Lipinski definition) is 1. The van der Waals surface area contributed by atoms with E-state index in [1.165, 1.54) is 6.07 Å². The minimum absolute atomic E-state index is 0.217. The molecule has 0 spiro atoms. The lowest BCUT2D eigenvalue weighted by atomic mass is 9.85. The molecule has 2 aromatic rings. The highest BCUT2D eigenvalue weighted by Gasteiger charge is 2.37. The zero-order valence-electron chi connectivity index (χ0n) is 16.1. The number of aliphatic hydroxyl groups is 1. The van der Waals surface area contributed by atoms with E-state index in [0.717, 1.165) is 6.07 Å². The van der Waals surface area contributed by atoms with Crippen molar-refractivity contribution < 1.29 is 23.4 Å². The van der Waals surface area contributed by atoms with Crippen molar-refractivity contribution in [1.82, 2.24) is 14.9 Å². The molecule has 1 aromatic heterocycles. The summed E-state index contributed by atoms with van der Waals surface area (Å²) >= 11 is 0. The summed E-state index contributed by atoms with van der Waals surface area (Å²) in [5, 5.41) is 11.2. The molecule has 0 radical (unpaired) electrons. The van der Waals surface area contributed by atoms with Gasteiger partial charge in [-0.1, -0.05) is 6.07 Å². The summed E-state index contributed by atoms with van der Waals surface area (Å²) in [6, 6.07) is 4.14. The maximum absolute atomic E-state index is 13.4. The van der Waals surface area contributed by atoms with Crippen molar-refractivity contribution in [1.29, 1.82) is 0 Å². The highest BCUT2D eigenvalue weighted by Crippen LogP contribution is 2.37. The molecule has 0 aliphatic carbocycles. The molecule has 1 aliphatic rings.